The third-order valence-electron chi connectivity index (χ3n) is 5.67. The lowest BCUT2D eigenvalue weighted by molar-refractivity contribution is 0.0653. The van der Waals surface area contributed by atoms with Gasteiger partial charge in [-0.25, -0.2) is 13.2 Å². The minimum absolute atomic E-state index is 0.202. The van der Waals surface area contributed by atoms with E-state index in [-0.39, 0.29) is 55.5 Å². The summed E-state index contributed by atoms with van der Waals surface area (Å²) in [5.74, 6) is -0.664. The molecule has 0 atom stereocenters. The minimum atomic E-state index is -3.57. The molecule has 2 aromatic carbocycles. The maximum Gasteiger partial charge on any atom is 0.317 e. The molecule has 1 saturated heterocycles. The molecule has 0 aliphatic carbocycles. The van der Waals surface area contributed by atoms with Crippen molar-refractivity contribution in [2.75, 3.05) is 39.3 Å². The van der Waals surface area contributed by atoms with E-state index in [0.717, 1.165) is 4.47 Å². The Labute approximate surface area is 200 Å². The minimum Gasteiger partial charge on any atom is -0.338 e. The van der Waals surface area contributed by atoms with Crippen LogP contribution in [0.15, 0.2) is 57.9 Å². The highest BCUT2D eigenvalue weighted by Gasteiger charge is 2.35. The van der Waals surface area contributed by atoms with Gasteiger partial charge < -0.3 is 10.2 Å². The number of nitrogens with zero attached hydrogens (tertiary/aromatic N) is 3. The molecule has 174 valence electrons. The van der Waals surface area contributed by atoms with E-state index in [2.05, 4.69) is 21.2 Å². The number of fused-ring (bicyclic) bond motifs is 1. The molecule has 0 spiro atoms. The van der Waals surface area contributed by atoms with Crippen molar-refractivity contribution in [1.29, 1.82) is 0 Å². The van der Waals surface area contributed by atoms with Gasteiger partial charge in [-0.1, -0.05) is 34.1 Å². The molecule has 2 heterocycles. The van der Waals surface area contributed by atoms with Gasteiger partial charge in [0.05, 0.1) is 16.0 Å². The van der Waals surface area contributed by atoms with Crippen LogP contribution in [-0.4, -0.2) is 79.6 Å². The zero-order valence-electron chi connectivity index (χ0n) is 17.7. The molecule has 2 aliphatic rings. The highest BCUT2D eigenvalue weighted by molar-refractivity contribution is 9.10. The van der Waals surface area contributed by atoms with Crippen LogP contribution >= 0.6 is 15.9 Å². The van der Waals surface area contributed by atoms with Gasteiger partial charge >= 0.3 is 6.03 Å². The van der Waals surface area contributed by atoms with Crippen molar-refractivity contribution >= 4 is 43.8 Å². The Morgan fingerprint density at radius 3 is 2.30 bits per heavy atom. The summed E-state index contributed by atoms with van der Waals surface area (Å²) < 4.78 is 27.5. The molecule has 0 unspecified atom stereocenters. The predicted molar refractivity (Wildman–Crippen MR) is 124 cm³/mol. The Morgan fingerprint density at radius 2 is 1.61 bits per heavy atom. The molecule has 1 N–H and O–H groups in total. The molecule has 0 bridgehead atoms. The maximum atomic E-state index is 12.7. The first-order valence-corrected chi connectivity index (χ1v) is 12.8. The Balaban J connectivity index is 1.22. The van der Waals surface area contributed by atoms with Gasteiger partial charge in [-0.15, -0.1) is 0 Å². The lowest BCUT2D eigenvalue weighted by Gasteiger charge is -2.34. The molecule has 11 heteroatoms. The second-order valence-corrected chi connectivity index (χ2v) is 10.6. The van der Waals surface area contributed by atoms with Crippen molar-refractivity contribution in [1.82, 2.24) is 19.4 Å². The van der Waals surface area contributed by atoms with Crippen LogP contribution in [0, 0.1) is 0 Å². The van der Waals surface area contributed by atoms with E-state index in [1.54, 1.807) is 53.4 Å². The summed E-state index contributed by atoms with van der Waals surface area (Å²) in [5.41, 5.74) is 0.761. The summed E-state index contributed by atoms with van der Waals surface area (Å²) in [7, 11) is -3.57. The summed E-state index contributed by atoms with van der Waals surface area (Å²) in [5, 5.41) is 2.78. The van der Waals surface area contributed by atoms with E-state index >= 15 is 0 Å². The third-order valence-corrected chi connectivity index (χ3v) is 8.08. The van der Waals surface area contributed by atoms with Crippen LogP contribution in [0.1, 0.15) is 27.1 Å². The number of urea groups is 1. The molecule has 9 nitrogen and oxygen atoms in total. The van der Waals surface area contributed by atoms with Gasteiger partial charge in [0.1, 0.15) is 0 Å². The van der Waals surface area contributed by atoms with E-state index in [9.17, 15) is 22.8 Å². The van der Waals surface area contributed by atoms with Crippen LogP contribution in [0.3, 0.4) is 0 Å². The lowest BCUT2D eigenvalue weighted by Crippen LogP contribution is -2.53. The third kappa shape index (κ3) is 4.80. The number of amides is 4. The zero-order valence-corrected chi connectivity index (χ0v) is 20.1. The number of carbonyl (C=O) groups is 3. The fraction of sp³-hybridized carbons (Fsp3) is 0.318. The number of hydrogen-bond donors (Lipinski definition) is 1. The number of piperazine rings is 1. The molecule has 2 aromatic rings. The average Bonchev–Trinajstić information content (AvgIpc) is 3.06. The Bertz CT molecular complexity index is 1180. The fourth-order valence-electron chi connectivity index (χ4n) is 3.88. The van der Waals surface area contributed by atoms with E-state index in [0.29, 0.717) is 24.1 Å². The molecule has 0 radical (unpaired) electrons. The predicted octanol–water partition coefficient (Wildman–Crippen LogP) is 2.15. The molecular formula is C22H23BrN4O5S. The number of imide groups is 1. The standard InChI is InChI=1S/C22H23BrN4O5S/c23-16-7-8-18-19(15-16)21(29)27(20(18)28)10-4-9-24-22(30)25-11-13-26(14-12-25)33(31,32)17-5-2-1-3-6-17/h1-3,5-8,15H,4,9-14H2,(H,24,30). The van der Waals surface area contributed by atoms with Crippen molar-refractivity contribution < 1.29 is 22.8 Å². The van der Waals surface area contributed by atoms with Gasteiger partial charge in [0.15, 0.2) is 0 Å². The van der Waals surface area contributed by atoms with Crippen molar-refractivity contribution in [3.8, 4) is 0 Å². The second kappa shape index (κ2) is 9.62. The Kier molecular flexibility index (Phi) is 6.82. The molecule has 1 fully saturated rings. The van der Waals surface area contributed by atoms with Gasteiger partial charge in [-0.05, 0) is 36.8 Å². The number of benzene rings is 2. The number of halogens is 1. The summed E-state index contributed by atoms with van der Waals surface area (Å²) in [6.45, 7) is 1.49. The lowest BCUT2D eigenvalue weighted by atomic mass is 10.1. The Hall–Kier alpha value is -2.76. The highest BCUT2D eigenvalue weighted by Crippen LogP contribution is 2.26. The van der Waals surface area contributed by atoms with Crippen LogP contribution in [0.25, 0.3) is 0 Å². The van der Waals surface area contributed by atoms with Gasteiger partial charge in [-0.3, -0.25) is 14.5 Å². The van der Waals surface area contributed by atoms with E-state index in [4.69, 9.17) is 0 Å². The van der Waals surface area contributed by atoms with Crippen LogP contribution in [-0.2, 0) is 10.0 Å². The second-order valence-electron chi connectivity index (χ2n) is 7.74. The zero-order chi connectivity index (χ0) is 23.6. The number of hydrogen-bond acceptors (Lipinski definition) is 5. The van der Waals surface area contributed by atoms with Crippen molar-refractivity contribution in [2.24, 2.45) is 0 Å². The van der Waals surface area contributed by atoms with E-state index < -0.39 is 10.0 Å². The van der Waals surface area contributed by atoms with Gasteiger partial charge in [0.2, 0.25) is 10.0 Å². The van der Waals surface area contributed by atoms with Crippen molar-refractivity contribution in [2.45, 2.75) is 11.3 Å². The number of nitrogens with one attached hydrogen (secondary N) is 1. The molecular weight excluding hydrogens is 512 g/mol. The fourth-order valence-corrected chi connectivity index (χ4v) is 5.69. The van der Waals surface area contributed by atoms with Crippen molar-refractivity contribution in [3.05, 3.63) is 64.1 Å². The first-order chi connectivity index (χ1) is 15.8. The van der Waals surface area contributed by atoms with Gasteiger partial charge in [0.25, 0.3) is 11.8 Å². The summed E-state index contributed by atoms with van der Waals surface area (Å²) >= 11 is 3.31. The monoisotopic (exact) mass is 534 g/mol. The van der Waals surface area contributed by atoms with Crippen LogP contribution in [0.4, 0.5) is 4.79 Å². The molecule has 0 aromatic heterocycles. The van der Waals surface area contributed by atoms with Gasteiger partial charge in [-0.2, -0.15) is 4.31 Å². The molecule has 4 amide bonds. The van der Waals surface area contributed by atoms with E-state index in [1.165, 1.54) is 9.21 Å². The Morgan fingerprint density at radius 1 is 0.939 bits per heavy atom. The van der Waals surface area contributed by atoms with Crippen molar-refractivity contribution in [3.63, 3.8) is 0 Å². The number of sulfonamides is 1. The van der Waals surface area contributed by atoms with Crippen LogP contribution in [0.5, 0.6) is 0 Å². The first kappa shape index (κ1) is 23.4. The highest BCUT2D eigenvalue weighted by atomic mass is 79.9. The van der Waals surface area contributed by atoms with E-state index in [1.807, 2.05) is 0 Å². The molecule has 2 aliphatic heterocycles. The molecule has 33 heavy (non-hydrogen) atoms. The number of rotatable bonds is 6. The summed E-state index contributed by atoms with van der Waals surface area (Å²) in [6, 6.07) is 12.9. The largest absolute Gasteiger partial charge is 0.338 e. The molecule has 4 rings (SSSR count). The first-order valence-electron chi connectivity index (χ1n) is 10.5. The van der Waals surface area contributed by atoms with Crippen LogP contribution in [0.2, 0.25) is 0 Å². The SMILES string of the molecule is O=C(NCCCN1C(=O)c2ccc(Br)cc2C1=O)N1CCN(S(=O)(=O)c2ccccc2)CC1. The normalized spacial score (nSPS) is 16.8. The average molecular weight is 535 g/mol. The maximum absolute atomic E-state index is 12.7. The molecule has 0 saturated carbocycles. The smallest absolute Gasteiger partial charge is 0.317 e. The number of carbonyl (C=O) groups excluding carboxylic acids is 3. The summed E-state index contributed by atoms with van der Waals surface area (Å²) in [4.78, 5) is 40.4. The topological polar surface area (TPSA) is 107 Å². The summed E-state index contributed by atoms with van der Waals surface area (Å²) in [6.07, 6.45) is 0.417. The van der Waals surface area contributed by atoms with Crippen LogP contribution < -0.4 is 5.32 Å². The quantitative estimate of drug-likeness (QED) is 0.451. The van der Waals surface area contributed by atoms with Gasteiger partial charge in [0, 0.05) is 43.7 Å².